The van der Waals surface area contributed by atoms with E-state index in [2.05, 4.69) is 20.5 Å². The highest BCUT2D eigenvalue weighted by Crippen LogP contribution is 2.37. The van der Waals surface area contributed by atoms with E-state index in [-0.39, 0.29) is 11.8 Å². The Labute approximate surface area is 142 Å². The van der Waals surface area contributed by atoms with Crippen molar-refractivity contribution in [2.24, 2.45) is 11.8 Å². The number of nitrogens with zero attached hydrogens (tertiary/aromatic N) is 4. The molecule has 3 aliphatic heterocycles. The molecule has 1 unspecified atom stereocenters. The van der Waals surface area contributed by atoms with Gasteiger partial charge in [0.2, 0.25) is 5.91 Å². The van der Waals surface area contributed by atoms with Crippen LogP contribution in [0.5, 0.6) is 0 Å². The molecule has 0 aromatic carbocycles. The van der Waals surface area contributed by atoms with Crippen molar-refractivity contribution in [1.29, 1.82) is 0 Å². The van der Waals surface area contributed by atoms with Gasteiger partial charge in [0.05, 0.1) is 18.7 Å². The van der Waals surface area contributed by atoms with Gasteiger partial charge in [-0.05, 0) is 52.0 Å². The van der Waals surface area contributed by atoms with Crippen molar-refractivity contribution in [3.8, 4) is 0 Å². The smallest absolute Gasteiger partial charge is 0.224 e. The third-order valence-corrected chi connectivity index (χ3v) is 5.70. The van der Waals surface area contributed by atoms with Crippen molar-refractivity contribution in [2.75, 3.05) is 13.1 Å². The van der Waals surface area contributed by atoms with Gasteiger partial charge in [0.25, 0.3) is 0 Å². The normalized spacial score (nSPS) is 32.8. The summed E-state index contributed by atoms with van der Waals surface area (Å²) in [6, 6.07) is 0.851. The number of carbonyl (C=O) groups is 1. The largest absolute Gasteiger partial charge is 0.384 e. The summed E-state index contributed by atoms with van der Waals surface area (Å²) in [5, 5.41) is 21.4. The third kappa shape index (κ3) is 3.19. The lowest BCUT2D eigenvalue weighted by atomic mass is 9.75. The Balaban J connectivity index is 1.38. The fourth-order valence-corrected chi connectivity index (χ4v) is 4.04. The molecule has 4 fully saturated rings. The van der Waals surface area contributed by atoms with E-state index < -0.39 is 5.60 Å². The molecule has 2 N–H and O–H groups in total. The highest BCUT2D eigenvalue weighted by atomic mass is 16.3. The molecular formula is C17H27N5O2. The van der Waals surface area contributed by atoms with Crippen LogP contribution in [0.3, 0.4) is 0 Å². The van der Waals surface area contributed by atoms with Gasteiger partial charge in [0, 0.05) is 18.6 Å². The Hall–Kier alpha value is -1.47. The molecule has 0 radical (unpaired) electrons. The van der Waals surface area contributed by atoms with Crippen LogP contribution in [0, 0.1) is 11.8 Å². The number of fused-ring (bicyclic) bond motifs is 3. The summed E-state index contributed by atoms with van der Waals surface area (Å²) < 4.78 is 1.83. The minimum atomic E-state index is -0.962. The molecule has 1 saturated carbocycles. The van der Waals surface area contributed by atoms with Crippen molar-refractivity contribution in [1.82, 2.24) is 25.2 Å². The third-order valence-electron chi connectivity index (χ3n) is 5.70. The number of aliphatic hydroxyl groups is 1. The Bertz CT molecular complexity index is 619. The van der Waals surface area contributed by atoms with Gasteiger partial charge >= 0.3 is 0 Å². The molecular weight excluding hydrogens is 306 g/mol. The molecule has 1 aromatic heterocycles. The van der Waals surface area contributed by atoms with E-state index in [9.17, 15) is 9.90 Å². The van der Waals surface area contributed by atoms with Crippen LogP contribution in [-0.2, 0) is 16.9 Å². The van der Waals surface area contributed by atoms with Gasteiger partial charge < -0.3 is 10.4 Å². The average Bonchev–Trinajstić information content (AvgIpc) is 3.21. The van der Waals surface area contributed by atoms with Crippen molar-refractivity contribution >= 4 is 5.91 Å². The molecule has 1 aromatic rings. The second kappa shape index (κ2) is 5.81. The fraction of sp³-hybridized carbons (Fsp3) is 0.824. The van der Waals surface area contributed by atoms with Gasteiger partial charge in [0.15, 0.2) is 0 Å². The van der Waals surface area contributed by atoms with E-state index in [1.54, 1.807) is 13.8 Å². The first-order valence-corrected chi connectivity index (χ1v) is 9.07. The topological polar surface area (TPSA) is 83.3 Å². The Morgan fingerprint density at radius 1 is 1.42 bits per heavy atom. The number of nitrogens with one attached hydrogen (secondary N) is 1. The summed E-state index contributed by atoms with van der Waals surface area (Å²) in [4.78, 5) is 14.9. The van der Waals surface area contributed by atoms with Crippen LogP contribution >= 0.6 is 0 Å². The molecule has 0 spiro atoms. The van der Waals surface area contributed by atoms with E-state index in [1.807, 2.05) is 10.9 Å². The Morgan fingerprint density at radius 3 is 2.79 bits per heavy atom. The van der Waals surface area contributed by atoms with Gasteiger partial charge in [-0.25, -0.2) is 0 Å². The van der Waals surface area contributed by atoms with E-state index in [0.29, 0.717) is 23.7 Å². The molecule has 1 amide bonds. The van der Waals surface area contributed by atoms with Gasteiger partial charge in [-0.2, -0.15) is 0 Å². The van der Waals surface area contributed by atoms with Gasteiger partial charge in [0.1, 0.15) is 11.3 Å². The summed E-state index contributed by atoms with van der Waals surface area (Å²) in [5.74, 6) is 0.894. The van der Waals surface area contributed by atoms with Crippen LogP contribution in [0.15, 0.2) is 6.20 Å². The van der Waals surface area contributed by atoms with Crippen LogP contribution < -0.4 is 5.32 Å². The van der Waals surface area contributed by atoms with Crippen molar-refractivity contribution in [2.45, 2.75) is 63.8 Å². The number of aromatic nitrogens is 3. The molecule has 132 valence electrons. The first-order chi connectivity index (χ1) is 11.4. The predicted molar refractivity (Wildman–Crippen MR) is 88.0 cm³/mol. The molecule has 4 atom stereocenters. The van der Waals surface area contributed by atoms with Crippen LogP contribution in [0.25, 0.3) is 0 Å². The highest BCUT2D eigenvalue weighted by molar-refractivity contribution is 5.80. The molecule has 7 nitrogen and oxygen atoms in total. The molecule has 4 aliphatic rings. The SMILES string of the molecule is CC(C)(O)c1cn(C[C@H]2C[C@@H]3CCN2C[C@@H]3C(=O)NC2CC2)nn1. The zero-order chi connectivity index (χ0) is 16.9. The number of hydrogen-bond donors (Lipinski definition) is 2. The fourth-order valence-electron chi connectivity index (χ4n) is 4.04. The lowest BCUT2D eigenvalue weighted by Gasteiger charge is -2.49. The van der Waals surface area contributed by atoms with E-state index >= 15 is 0 Å². The van der Waals surface area contributed by atoms with Crippen molar-refractivity contribution in [3.63, 3.8) is 0 Å². The minimum absolute atomic E-state index is 0.151. The van der Waals surface area contributed by atoms with E-state index in [1.165, 1.54) is 0 Å². The second-order valence-corrected chi connectivity index (χ2v) is 8.21. The number of piperidine rings is 3. The summed E-state index contributed by atoms with van der Waals surface area (Å²) in [6.07, 6.45) is 6.28. The van der Waals surface area contributed by atoms with Crippen LogP contribution in [0.1, 0.15) is 45.2 Å². The predicted octanol–water partition coefficient (Wildman–Crippen LogP) is 0.495. The van der Waals surface area contributed by atoms with E-state index in [4.69, 9.17) is 0 Å². The molecule has 24 heavy (non-hydrogen) atoms. The van der Waals surface area contributed by atoms with Gasteiger partial charge in [-0.3, -0.25) is 14.4 Å². The monoisotopic (exact) mass is 333 g/mol. The second-order valence-electron chi connectivity index (χ2n) is 8.21. The van der Waals surface area contributed by atoms with Crippen LogP contribution in [0.2, 0.25) is 0 Å². The lowest BCUT2D eigenvalue weighted by Crippen LogP contribution is -2.58. The average molecular weight is 333 g/mol. The van der Waals surface area contributed by atoms with Crippen molar-refractivity contribution < 1.29 is 9.90 Å². The number of carbonyl (C=O) groups excluding carboxylic acids is 1. The zero-order valence-electron chi connectivity index (χ0n) is 14.5. The summed E-state index contributed by atoms with van der Waals surface area (Å²) in [7, 11) is 0. The first kappa shape index (κ1) is 16.0. The molecule has 4 heterocycles. The minimum Gasteiger partial charge on any atom is -0.384 e. The summed E-state index contributed by atoms with van der Waals surface area (Å²) in [5.41, 5.74) is -0.365. The first-order valence-electron chi connectivity index (χ1n) is 9.07. The van der Waals surface area contributed by atoms with Crippen molar-refractivity contribution in [3.05, 3.63) is 11.9 Å². The van der Waals surface area contributed by atoms with Gasteiger partial charge in [-0.15, -0.1) is 5.10 Å². The highest BCUT2D eigenvalue weighted by Gasteiger charge is 2.44. The Morgan fingerprint density at radius 2 is 2.21 bits per heavy atom. The maximum absolute atomic E-state index is 12.4. The van der Waals surface area contributed by atoms with E-state index in [0.717, 1.165) is 45.3 Å². The number of rotatable bonds is 5. The maximum atomic E-state index is 12.4. The lowest BCUT2D eigenvalue weighted by molar-refractivity contribution is -0.133. The molecule has 1 aliphatic carbocycles. The number of amides is 1. The summed E-state index contributed by atoms with van der Waals surface area (Å²) >= 11 is 0. The van der Waals surface area contributed by atoms with Crippen LogP contribution in [-0.4, -0.2) is 56.1 Å². The molecule has 5 rings (SSSR count). The van der Waals surface area contributed by atoms with Crippen LogP contribution in [0.4, 0.5) is 0 Å². The number of hydrogen-bond acceptors (Lipinski definition) is 5. The maximum Gasteiger partial charge on any atom is 0.224 e. The quantitative estimate of drug-likeness (QED) is 0.820. The summed E-state index contributed by atoms with van der Waals surface area (Å²) in [6.45, 7) is 6.14. The molecule has 2 bridgehead atoms. The standard InChI is InChI=1S/C17H27N5O2/c1-17(2,24)15-10-22(20-19-15)8-13-7-11-5-6-21(13)9-14(11)16(23)18-12-3-4-12/h10-14,24H,3-9H2,1-2H3,(H,18,23)/t11-,13+,14-/m0/s1. The van der Waals surface area contributed by atoms with Gasteiger partial charge in [-0.1, -0.05) is 5.21 Å². The zero-order valence-corrected chi connectivity index (χ0v) is 14.5. The molecule has 7 heteroatoms. The Kier molecular flexibility index (Phi) is 3.88. The molecule has 3 saturated heterocycles.